The maximum absolute atomic E-state index is 5.99. The molecule has 0 spiro atoms. The fourth-order valence-corrected chi connectivity index (χ4v) is 2.04. The number of ether oxygens (including phenoxy) is 1. The van der Waals surface area contributed by atoms with Gasteiger partial charge in [0.25, 0.3) is 0 Å². The third kappa shape index (κ3) is 3.58. The lowest BCUT2D eigenvalue weighted by molar-refractivity contribution is -0.0165. The molecule has 3 unspecified atom stereocenters. The highest BCUT2D eigenvalue weighted by atomic mass is 79.9. The quantitative estimate of drug-likeness (QED) is 0.896. The molecule has 0 saturated carbocycles. The van der Waals surface area contributed by atoms with Gasteiger partial charge in [-0.2, -0.15) is 0 Å². The van der Waals surface area contributed by atoms with Crippen LogP contribution in [0, 0.1) is 0 Å². The Morgan fingerprint density at radius 2 is 1.94 bits per heavy atom. The molecule has 2 nitrogen and oxygen atoms in total. The summed E-state index contributed by atoms with van der Waals surface area (Å²) in [6, 6.07) is 8.06. The first-order chi connectivity index (χ1) is 7.56. The van der Waals surface area contributed by atoms with Crippen molar-refractivity contribution in [3.8, 4) is 0 Å². The van der Waals surface area contributed by atoms with E-state index in [2.05, 4.69) is 35.8 Å². The third-order valence-electron chi connectivity index (χ3n) is 2.64. The summed E-state index contributed by atoms with van der Waals surface area (Å²) >= 11 is 3.54. The molecule has 3 atom stereocenters. The van der Waals surface area contributed by atoms with Gasteiger partial charge in [-0.25, -0.2) is 0 Å². The maximum atomic E-state index is 5.99. The van der Waals surface area contributed by atoms with Crippen molar-refractivity contribution < 1.29 is 4.74 Å². The van der Waals surface area contributed by atoms with Gasteiger partial charge in [0.15, 0.2) is 0 Å². The van der Waals surface area contributed by atoms with Gasteiger partial charge in [-0.05, 0) is 31.9 Å². The number of halogens is 1. The topological polar surface area (TPSA) is 35.2 Å². The molecule has 0 heterocycles. The number of hydrogen-bond acceptors (Lipinski definition) is 2. The Hall–Kier alpha value is -0.380. The zero-order chi connectivity index (χ0) is 12.1. The summed E-state index contributed by atoms with van der Waals surface area (Å²) in [6.07, 6.45) is 1.17. The van der Waals surface area contributed by atoms with Crippen molar-refractivity contribution in [3.63, 3.8) is 0 Å². The van der Waals surface area contributed by atoms with E-state index in [0.29, 0.717) is 0 Å². The lowest BCUT2D eigenvalue weighted by Crippen LogP contribution is -2.29. The van der Waals surface area contributed by atoms with Gasteiger partial charge < -0.3 is 10.5 Å². The number of benzene rings is 1. The molecule has 1 aromatic carbocycles. The van der Waals surface area contributed by atoms with Crippen LogP contribution < -0.4 is 5.73 Å². The number of rotatable bonds is 5. The first-order valence-electron chi connectivity index (χ1n) is 5.71. The van der Waals surface area contributed by atoms with E-state index in [1.54, 1.807) is 0 Å². The van der Waals surface area contributed by atoms with Gasteiger partial charge in [-0.3, -0.25) is 0 Å². The standard InChI is InChI=1S/C13H20BrNO/c1-4-9(2)16-13(10(3)15)11-7-5-6-8-12(11)14/h5-10,13H,4,15H2,1-3H3. The molecule has 0 amide bonds. The molecule has 0 aliphatic heterocycles. The van der Waals surface area contributed by atoms with E-state index in [0.717, 1.165) is 16.5 Å². The van der Waals surface area contributed by atoms with Crippen LogP contribution in [0.1, 0.15) is 38.9 Å². The molecular formula is C13H20BrNO. The second-order valence-corrected chi connectivity index (χ2v) is 5.01. The van der Waals surface area contributed by atoms with Gasteiger partial charge in [0.1, 0.15) is 0 Å². The molecule has 0 aromatic heterocycles. The summed E-state index contributed by atoms with van der Waals surface area (Å²) in [6.45, 7) is 6.17. The lowest BCUT2D eigenvalue weighted by atomic mass is 10.0. The van der Waals surface area contributed by atoms with Crippen molar-refractivity contribution in [2.45, 2.75) is 45.4 Å². The molecule has 0 fully saturated rings. The fraction of sp³-hybridized carbons (Fsp3) is 0.538. The van der Waals surface area contributed by atoms with Crippen LogP contribution in [0.5, 0.6) is 0 Å². The van der Waals surface area contributed by atoms with Gasteiger partial charge >= 0.3 is 0 Å². The molecule has 0 bridgehead atoms. The molecule has 0 aliphatic rings. The maximum Gasteiger partial charge on any atom is 0.0987 e. The van der Waals surface area contributed by atoms with Crippen LogP contribution >= 0.6 is 15.9 Å². The predicted molar refractivity (Wildman–Crippen MR) is 71.4 cm³/mol. The van der Waals surface area contributed by atoms with E-state index in [1.165, 1.54) is 0 Å². The Morgan fingerprint density at radius 1 is 1.31 bits per heavy atom. The van der Waals surface area contributed by atoms with Crippen molar-refractivity contribution in [2.75, 3.05) is 0 Å². The molecule has 1 rings (SSSR count). The molecule has 2 N–H and O–H groups in total. The molecule has 0 aliphatic carbocycles. The highest BCUT2D eigenvalue weighted by Crippen LogP contribution is 2.29. The molecule has 1 aromatic rings. The largest absolute Gasteiger partial charge is 0.369 e. The molecular weight excluding hydrogens is 266 g/mol. The Morgan fingerprint density at radius 3 is 2.44 bits per heavy atom. The van der Waals surface area contributed by atoms with Crippen molar-refractivity contribution >= 4 is 15.9 Å². The number of hydrogen-bond donors (Lipinski definition) is 1. The Labute approximate surface area is 106 Å². The summed E-state index contributed by atoms with van der Waals surface area (Å²) in [4.78, 5) is 0. The van der Waals surface area contributed by atoms with Crippen molar-refractivity contribution in [2.24, 2.45) is 5.73 Å². The average molecular weight is 286 g/mol. The monoisotopic (exact) mass is 285 g/mol. The van der Waals surface area contributed by atoms with Crippen LogP contribution in [0.15, 0.2) is 28.7 Å². The van der Waals surface area contributed by atoms with Crippen molar-refractivity contribution in [1.29, 1.82) is 0 Å². The van der Waals surface area contributed by atoms with Crippen LogP contribution in [-0.2, 0) is 4.74 Å². The lowest BCUT2D eigenvalue weighted by Gasteiger charge is -2.26. The minimum atomic E-state index is -0.0504. The number of nitrogens with two attached hydrogens (primary N) is 1. The van der Waals surface area contributed by atoms with Gasteiger partial charge in [0.2, 0.25) is 0 Å². The van der Waals surface area contributed by atoms with Crippen LogP contribution in [0.2, 0.25) is 0 Å². The van der Waals surface area contributed by atoms with Gasteiger partial charge in [-0.1, -0.05) is 41.1 Å². The molecule has 90 valence electrons. The Balaban J connectivity index is 2.90. The van der Waals surface area contributed by atoms with Crippen LogP contribution in [0.25, 0.3) is 0 Å². The Bertz CT molecular complexity index is 327. The van der Waals surface area contributed by atoms with E-state index in [1.807, 2.05) is 25.1 Å². The van der Waals surface area contributed by atoms with E-state index in [9.17, 15) is 0 Å². The summed E-state index contributed by atoms with van der Waals surface area (Å²) in [5, 5.41) is 0. The zero-order valence-corrected chi connectivity index (χ0v) is 11.7. The van der Waals surface area contributed by atoms with Gasteiger partial charge in [0, 0.05) is 10.5 Å². The minimum absolute atomic E-state index is 0.0206. The third-order valence-corrected chi connectivity index (χ3v) is 3.37. The summed E-state index contributed by atoms with van der Waals surface area (Å²) in [7, 11) is 0. The first-order valence-corrected chi connectivity index (χ1v) is 6.51. The van der Waals surface area contributed by atoms with E-state index in [-0.39, 0.29) is 18.2 Å². The molecule has 3 heteroatoms. The van der Waals surface area contributed by atoms with E-state index >= 15 is 0 Å². The van der Waals surface area contributed by atoms with Crippen LogP contribution in [0.4, 0.5) is 0 Å². The van der Waals surface area contributed by atoms with Gasteiger partial charge in [-0.15, -0.1) is 0 Å². The predicted octanol–water partition coefficient (Wildman–Crippen LogP) is 3.65. The normalized spacial score (nSPS) is 16.8. The highest BCUT2D eigenvalue weighted by molar-refractivity contribution is 9.10. The first kappa shape index (κ1) is 13.7. The van der Waals surface area contributed by atoms with E-state index < -0.39 is 0 Å². The van der Waals surface area contributed by atoms with Crippen molar-refractivity contribution in [1.82, 2.24) is 0 Å². The second-order valence-electron chi connectivity index (χ2n) is 4.16. The molecule has 0 radical (unpaired) electrons. The fourth-order valence-electron chi connectivity index (χ4n) is 1.53. The van der Waals surface area contributed by atoms with Gasteiger partial charge in [0.05, 0.1) is 12.2 Å². The zero-order valence-electron chi connectivity index (χ0n) is 10.1. The van der Waals surface area contributed by atoms with E-state index in [4.69, 9.17) is 10.5 Å². The molecule has 16 heavy (non-hydrogen) atoms. The van der Waals surface area contributed by atoms with Crippen LogP contribution in [-0.4, -0.2) is 12.1 Å². The highest BCUT2D eigenvalue weighted by Gasteiger charge is 2.20. The smallest absolute Gasteiger partial charge is 0.0987 e. The summed E-state index contributed by atoms with van der Waals surface area (Å²) < 4.78 is 7.03. The average Bonchev–Trinajstić information content (AvgIpc) is 2.26. The van der Waals surface area contributed by atoms with Crippen molar-refractivity contribution in [3.05, 3.63) is 34.3 Å². The SMILES string of the molecule is CCC(C)OC(c1ccccc1Br)C(C)N. The summed E-state index contributed by atoms with van der Waals surface area (Å²) in [5.74, 6) is 0. The second kappa shape index (κ2) is 6.38. The Kier molecular flexibility index (Phi) is 5.46. The van der Waals surface area contributed by atoms with Crippen LogP contribution in [0.3, 0.4) is 0 Å². The summed E-state index contributed by atoms with van der Waals surface area (Å²) in [5.41, 5.74) is 7.12. The minimum Gasteiger partial charge on any atom is -0.369 e. The molecule has 0 saturated heterocycles.